The summed E-state index contributed by atoms with van der Waals surface area (Å²) in [5, 5.41) is 0. The Morgan fingerprint density at radius 2 is 0.844 bits per heavy atom. The van der Waals surface area contributed by atoms with Crippen molar-refractivity contribution in [2.75, 3.05) is 0 Å². The maximum absolute atomic E-state index is 3.01. The highest BCUT2D eigenvalue weighted by Crippen LogP contribution is 2.62. The molecule has 0 bridgehead atoms. The van der Waals surface area contributed by atoms with Gasteiger partial charge in [0.05, 0.1) is 0 Å². The van der Waals surface area contributed by atoms with E-state index < -0.39 is 8.24 Å². The zero-order valence-corrected chi connectivity index (χ0v) is 46.1. The van der Waals surface area contributed by atoms with Crippen molar-refractivity contribution in [3.63, 3.8) is 0 Å². The number of hydrogen-bond acceptors (Lipinski definition) is 1. The van der Waals surface area contributed by atoms with Crippen LogP contribution in [-0.4, -0.2) is 23.9 Å². The summed E-state index contributed by atoms with van der Waals surface area (Å²) in [6.07, 6.45) is 57.5. The molecule has 1 aromatic carbocycles. The second-order valence-corrected chi connectivity index (χ2v) is 29.1. The highest BCUT2D eigenvalue weighted by atomic mass is 28.3. The maximum atomic E-state index is 3.01. The van der Waals surface area contributed by atoms with Crippen molar-refractivity contribution in [2.24, 2.45) is 11.8 Å². The van der Waals surface area contributed by atoms with Gasteiger partial charge in [0.15, 0.2) is 0 Å². The number of nitrogens with zero attached hydrogens (tertiary/aromatic N) is 1. The van der Waals surface area contributed by atoms with Crippen molar-refractivity contribution in [1.82, 2.24) is 4.57 Å². The van der Waals surface area contributed by atoms with Crippen molar-refractivity contribution in [3.05, 3.63) is 53.1 Å². The van der Waals surface area contributed by atoms with Gasteiger partial charge in [0, 0.05) is 16.5 Å². The number of benzene rings is 1. The topological polar surface area (TPSA) is 3.24 Å². The predicted molar refractivity (Wildman–Crippen MR) is 291 cm³/mol. The normalized spacial score (nSPS) is 19.5. The van der Waals surface area contributed by atoms with Gasteiger partial charge in [0.2, 0.25) is 0 Å². The zero-order chi connectivity index (χ0) is 46.3. The van der Waals surface area contributed by atoms with Crippen molar-refractivity contribution < 1.29 is 0 Å². The number of allylic oxidation sites excluding steroid dienone is 4. The molecule has 4 rings (SSSR count). The first-order valence-corrected chi connectivity index (χ1v) is 32.2. The Balaban J connectivity index is 1.34. The Bertz CT molecular complexity index is 1400. The average Bonchev–Trinajstić information content (AvgIpc) is 3.78. The van der Waals surface area contributed by atoms with Crippen LogP contribution in [0.3, 0.4) is 0 Å². The van der Waals surface area contributed by atoms with Crippen LogP contribution in [0, 0.1) is 11.8 Å². The molecule has 0 radical (unpaired) electrons. The second kappa shape index (κ2) is 29.0. The summed E-state index contributed by atoms with van der Waals surface area (Å²) in [7, 11) is -1.80. The van der Waals surface area contributed by atoms with E-state index in [0.29, 0.717) is 11.8 Å². The number of hydrogen-bond donors (Lipinski definition) is 0. The molecule has 2 heteroatoms. The van der Waals surface area contributed by atoms with Crippen LogP contribution < -0.4 is 0 Å². The lowest BCUT2D eigenvalue weighted by Crippen LogP contribution is -2.67. The maximum Gasteiger partial charge on any atom is 0.126 e. The van der Waals surface area contributed by atoms with E-state index in [-0.39, 0.29) is 16.5 Å². The van der Waals surface area contributed by atoms with Crippen LogP contribution in [0.15, 0.2) is 42.0 Å². The van der Waals surface area contributed by atoms with Crippen LogP contribution in [0.5, 0.6) is 0 Å². The molecule has 0 saturated heterocycles. The second-order valence-electron chi connectivity index (χ2n) is 24.7. The Hall–Kier alpha value is -1.12. The van der Waals surface area contributed by atoms with E-state index in [0.717, 1.165) is 5.54 Å². The largest absolute Gasteiger partial charge is 0.314 e. The van der Waals surface area contributed by atoms with Gasteiger partial charge in [-0.3, -0.25) is 0 Å². The van der Waals surface area contributed by atoms with E-state index in [2.05, 4.69) is 109 Å². The van der Waals surface area contributed by atoms with Crippen molar-refractivity contribution in [3.8, 4) is 0 Å². The molecule has 0 spiro atoms. The fourth-order valence-electron chi connectivity index (χ4n) is 14.3. The van der Waals surface area contributed by atoms with Gasteiger partial charge in [-0.15, -0.1) is 0 Å². The quantitative estimate of drug-likeness (QED) is 0.0479. The molecule has 3 aliphatic carbocycles. The molecule has 1 saturated carbocycles. The van der Waals surface area contributed by atoms with Crippen molar-refractivity contribution >= 4 is 13.8 Å². The molecule has 0 heterocycles. The Kier molecular flexibility index (Phi) is 25.2. The first-order chi connectivity index (χ1) is 30.8. The van der Waals surface area contributed by atoms with Crippen LogP contribution in [0.4, 0.5) is 0 Å². The molecule has 0 aromatic heterocycles. The summed E-state index contributed by atoms with van der Waals surface area (Å²) in [6, 6.07) is 9.86. The fourth-order valence-corrected chi connectivity index (χ4v) is 20.3. The summed E-state index contributed by atoms with van der Waals surface area (Å²) in [6.45, 7) is 25.0. The van der Waals surface area contributed by atoms with Crippen molar-refractivity contribution in [2.45, 2.75) is 322 Å². The third-order valence-electron chi connectivity index (χ3n) is 16.8. The minimum Gasteiger partial charge on any atom is -0.314 e. The SMILES string of the molecule is CCCCCCCCCCCCCCCCCCC1(CCCCCCCCCCCCCCCCCC)C2=CC3CCC([Si](C)(C)N(C(C)(C)C)C(C)(C)C)C3C=C2c2ccccc21. The molecule has 1 fully saturated rings. The number of rotatable bonds is 36. The molecule has 1 nitrogen and oxygen atoms in total. The van der Waals surface area contributed by atoms with Crippen LogP contribution in [0.25, 0.3) is 5.57 Å². The van der Waals surface area contributed by atoms with Gasteiger partial charge in [-0.2, -0.15) is 0 Å². The summed E-state index contributed by atoms with van der Waals surface area (Å²) < 4.78 is 3.01. The van der Waals surface area contributed by atoms with Crippen LogP contribution >= 0.6 is 0 Å². The molecule has 0 amide bonds. The van der Waals surface area contributed by atoms with Gasteiger partial charge in [-0.05, 0) is 100 Å². The smallest absolute Gasteiger partial charge is 0.126 e. The van der Waals surface area contributed by atoms with Gasteiger partial charge in [-0.1, -0.05) is 275 Å². The van der Waals surface area contributed by atoms with Crippen molar-refractivity contribution in [1.29, 1.82) is 0 Å². The van der Waals surface area contributed by atoms with E-state index in [9.17, 15) is 0 Å². The van der Waals surface area contributed by atoms with E-state index in [4.69, 9.17) is 0 Å². The Labute approximate surface area is 403 Å². The molecule has 0 aliphatic heterocycles. The highest BCUT2D eigenvalue weighted by molar-refractivity contribution is 6.76. The molecular weight excluding hydrogens is 787 g/mol. The lowest BCUT2D eigenvalue weighted by molar-refractivity contribution is 0.122. The Morgan fingerprint density at radius 1 is 0.484 bits per heavy atom. The van der Waals surface area contributed by atoms with Gasteiger partial charge in [0.25, 0.3) is 0 Å². The molecular formula is C62H111NSi. The highest BCUT2D eigenvalue weighted by Gasteiger charge is 2.55. The van der Waals surface area contributed by atoms with Gasteiger partial charge in [0.1, 0.15) is 8.24 Å². The number of fused-ring (bicyclic) bond motifs is 4. The first kappa shape index (κ1) is 55.5. The fraction of sp³-hybridized carbons (Fsp3) is 0.839. The predicted octanol–water partition coefficient (Wildman–Crippen LogP) is 21.1. The number of unbranched alkanes of at least 4 members (excludes halogenated alkanes) is 30. The van der Waals surface area contributed by atoms with Gasteiger partial charge < -0.3 is 4.57 Å². The minimum absolute atomic E-state index is 0.171. The monoisotopic (exact) mass is 898 g/mol. The molecule has 3 aliphatic rings. The van der Waals surface area contributed by atoms with Crippen LogP contribution in [0.1, 0.15) is 298 Å². The average molecular weight is 899 g/mol. The van der Waals surface area contributed by atoms with E-state index >= 15 is 0 Å². The summed E-state index contributed by atoms with van der Waals surface area (Å²) in [5.41, 5.74) is 8.10. The van der Waals surface area contributed by atoms with E-state index in [1.807, 2.05) is 0 Å². The van der Waals surface area contributed by atoms with E-state index in [1.165, 1.54) is 231 Å². The lowest BCUT2D eigenvalue weighted by Gasteiger charge is -2.57. The van der Waals surface area contributed by atoms with E-state index in [1.54, 1.807) is 22.3 Å². The van der Waals surface area contributed by atoms with Gasteiger partial charge in [-0.25, -0.2) is 0 Å². The molecule has 0 N–H and O–H groups in total. The molecule has 64 heavy (non-hydrogen) atoms. The Morgan fingerprint density at radius 3 is 1.22 bits per heavy atom. The zero-order valence-electron chi connectivity index (χ0n) is 45.1. The van der Waals surface area contributed by atoms with Gasteiger partial charge >= 0.3 is 0 Å². The lowest BCUT2D eigenvalue weighted by atomic mass is 9.68. The summed E-state index contributed by atoms with van der Waals surface area (Å²) in [4.78, 5) is 0. The standard InChI is InChI=1S/C62H111NSi/c1-11-13-15-17-19-21-23-25-27-29-31-33-35-37-39-43-49-62(50-44-40-38-36-34-32-30-28-26-24-22-20-18-16-14-12-2)57-46-42-41-45-54(57)56-52-55-53(51-58(56)62)47-48-59(55)64(9,10)63(60(3,4)5)61(6,7)8/h41-42,45-46,51-53,55,59H,11-40,43-44,47-50H2,1-10H3. The summed E-state index contributed by atoms with van der Waals surface area (Å²) in [5.74, 6) is 1.39. The molecule has 368 valence electrons. The molecule has 1 aromatic rings. The van der Waals surface area contributed by atoms with Crippen LogP contribution in [-0.2, 0) is 5.41 Å². The molecule has 3 atom stereocenters. The molecule has 3 unspecified atom stereocenters. The third kappa shape index (κ3) is 17.1. The first-order valence-electron chi connectivity index (χ1n) is 29.1. The minimum atomic E-state index is -1.80. The van der Waals surface area contributed by atoms with Crippen LogP contribution in [0.2, 0.25) is 18.6 Å². The summed E-state index contributed by atoms with van der Waals surface area (Å²) >= 11 is 0. The third-order valence-corrected chi connectivity index (χ3v) is 21.8.